The average Bonchev–Trinajstić information content (AvgIpc) is 2.37. The van der Waals surface area contributed by atoms with Crippen LogP contribution < -0.4 is 0 Å². The van der Waals surface area contributed by atoms with E-state index in [1.807, 2.05) is 0 Å². The van der Waals surface area contributed by atoms with Crippen molar-refractivity contribution in [1.29, 1.82) is 0 Å². The van der Waals surface area contributed by atoms with E-state index in [1.165, 1.54) is 6.08 Å². The smallest absolute Gasteiger partial charge is 0.332 e. The van der Waals surface area contributed by atoms with Crippen LogP contribution in [0.4, 0.5) is 0 Å². The van der Waals surface area contributed by atoms with Crippen molar-refractivity contribution in [3.63, 3.8) is 0 Å². The van der Waals surface area contributed by atoms with Crippen LogP contribution in [0, 0.1) is 11.5 Å². The molecule has 0 bridgehead atoms. The van der Waals surface area contributed by atoms with Gasteiger partial charge in [0.1, 0.15) is 14.2 Å². The van der Waals surface area contributed by atoms with Gasteiger partial charge in [0.15, 0.2) is 0 Å². The lowest BCUT2D eigenvalue weighted by Crippen LogP contribution is -2.16. The first-order chi connectivity index (χ1) is 6.88. The maximum atomic E-state index is 10.9. The van der Waals surface area contributed by atoms with E-state index in [2.05, 4.69) is 47.0 Å². The number of rotatable bonds is 2. The Morgan fingerprint density at radius 3 is 2.67 bits per heavy atom. The second-order valence-electron chi connectivity index (χ2n) is 4.55. The normalized spacial score (nSPS) is 20.4. The third-order valence-electron chi connectivity index (χ3n) is 1.82. The second kappa shape index (κ2) is 5.00. The van der Waals surface area contributed by atoms with Gasteiger partial charge in [-0.2, -0.15) is 0 Å². The summed E-state index contributed by atoms with van der Waals surface area (Å²) < 4.78 is 5.91. The molecule has 1 aliphatic rings. The quantitative estimate of drug-likeness (QED) is 0.443. The fourth-order valence-corrected chi connectivity index (χ4v) is 2.33. The molecule has 2 nitrogen and oxygen atoms in total. The molecule has 1 aliphatic heterocycles. The summed E-state index contributed by atoms with van der Waals surface area (Å²) >= 11 is 3.31. The van der Waals surface area contributed by atoms with Gasteiger partial charge in [0.25, 0.3) is 0 Å². The zero-order valence-electron chi connectivity index (χ0n) is 9.26. The summed E-state index contributed by atoms with van der Waals surface area (Å²) in [5.41, 5.74) is 3.29. The topological polar surface area (TPSA) is 26.3 Å². The Bertz CT molecular complexity index is 344. The molecular weight excluding hydrogens is 272 g/mol. The number of carbonyl (C=O) groups is 1. The first-order valence-electron chi connectivity index (χ1n) is 4.96. The van der Waals surface area contributed by atoms with Crippen molar-refractivity contribution < 1.29 is 9.53 Å². The van der Waals surface area contributed by atoms with Crippen LogP contribution in [0.3, 0.4) is 0 Å². The highest BCUT2D eigenvalue weighted by molar-refractivity contribution is 9.11. The van der Waals surface area contributed by atoms with Gasteiger partial charge in [-0.15, -0.1) is 11.5 Å². The van der Waals surface area contributed by atoms with Crippen molar-refractivity contribution >= 4 is 30.0 Å². The zero-order valence-corrected chi connectivity index (χ0v) is 11.8. The monoisotopic (exact) mass is 286 g/mol. The molecular formula is C11H15BrO2Si. The first kappa shape index (κ1) is 12.5. The van der Waals surface area contributed by atoms with Crippen LogP contribution in [0.2, 0.25) is 19.6 Å². The number of hydrogen-bond donors (Lipinski definition) is 0. The number of ether oxygens (including phenoxy) is 1. The van der Waals surface area contributed by atoms with E-state index in [1.54, 1.807) is 0 Å². The van der Waals surface area contributed by atoms with Crippen LogP contribution in [-0.2, 0) is 9.53 Å². The molecule has 1 rings (SSSR count). The molecule has 0 N–H and O–H groups in total. The minimum atomic E-state index is -1.26. The van der Waals surface area contributed by atoms with Gasteiger partial charge in [-0.3, -0.25) is 0 Å². The molecule has 0 saturated carbocycles. The van der Waals surface area contributed by atoms with Crippen molar-refractivity contribution in [2.75, 3.05) is 0 Å². The summed E-state index contributed by atoms with van der Waals surface area (Å²) in [6, 6.07) is 0. The van der Waals surface area contributed by atoms with Crippen LogP contribution in [0.15, 0.2) is 10.6 Å². The van der Waals surface area contributed by atoms with E-state index in [9.17, 15) is 4.79 Å². The van der Waals surface area contributed by atoms with Gasteiger partial charge in [-0.1, -0.05) is 35.6 Å². The average molecular weight is 287 g/mol. The maximum Gasteiger partial charge on any atom is 0.332 e. The Balaban J connectivity index is 2.36. The minimum Gasteiger partial charge on any atom is -0.454 e. The number of carbonyl (C=O) groups excluding carboxylic acids is 1. The predicted molar refractivity (Wildman–Crippen MR) is 67.2 cm³/mol. The Labute approximate surface area is 100 Å². The Hall–Kier alpha value is -0.533. The van der Waals surface area contributed by atoms with Crippen LogP contribution in [0.25, 0.3) is 0 Å². The summed E-state index contributed by atoms with van der Waals surface area (Å²) in [5, 5.41) is 0. The molecule has 0 aliphatic carbocycles. The van der Waals surface area contributed by atoms with Gasteiger partial charge in [0.05, 0.1) is 0 Å². The summed E-state index contributed by atoms with van der Waals surface area (Å²) in [5.74, 6) is 2.90. The van der Waals surface area contributed by atoms with Crippen LogP contribution in [0.1, 0.15) is 12.8 Å². The van der Waals surface area contributed by atoms with E-state index in [-0.39, 0.29) is 12.1 Å². The van der Waals surface area contributed by atoms with E-state index in [4.69, 9.17) is 4.74 Å². The molecule has 82 valence electrons. The lowest BCUT2D eigenvalue weighted by molar-refractivity contribution is -0.138. The number of hydrogen-bond acceptors (Lipinski definition) is 2. The Morgan fingerprint density at radius 1 is 1.53 bits per heavy atom. The van der Waals surface area contributed by atoms with Crippen molar-refractivity contribution in [1.82, 2.24) is 0 Å². The molecule has 1 heterocycles. The number of halogens is 1. The third-order valence-corrected chi connectivity index (χ3v) is 3.48. The maximum absolute atomic E-state index is 10.9. The van der Waals surface area contributed by atoms with Crippen molar-refractivity contribution in [2.24, 2.45) is 0 Å². The van der Waals surface area contributed by atoms with Crippen molar-refractivity contribution in [2.45, 2.75) is 38.6 Å². The third kappa shape index (κ3) is 4.67. The predicted octanol–water partition coefficient (Wildman–Crippen LogP) is 2.85. The molecule has 0 aromatic heterocycles. The highest BCUT2D eigenvalue weighted by Gasteiger charge is 2.23. The molecule has 0 aromatic carbocycles. The van der Waals surface area contributed by atoms with E-state index >= 15 is 0 Å². The molecule has 0 aromatic rings. The Morgan fingerprint density at radius 2 is 2.20 bits per heavy atom. The lowest BCUT2D eigenvalue weighted by atomic mass is 10.2. The van der Waals surface area contributed by atoms with Gasteiger partial charge in [-0.25, -0.2) is 4.79 Å². The zero-order chi connectivity index (χ0) is 11.5. The second-order valence-corrected chi connectivity index (χ2v) is 10.2. The molecule has 15 heavy (non-hydrogen) atoms. The van der Waals surface area contributed by atoms with Gasteiger partial charge >= 0.3 is 5.97 Å². The standard InChI is InChI=1S/C11H15BrO2Si/c1-15(2,3)7-5-4-6-10-9(12)8-11(13)14-10/h8,10H,4,6H2,1-3H3. The van der Waals surface area contributed by atoms with Crippen molar-refractivity contribution in [3.05, 3.63) is 10.6 Å². The molecule has 0 amide bonds. The number of esters is 1. The molecule has 0 radical (unpaired) electrons. The fourth-order valence-electron chi connectivity index (χ4n) is 1.16. The Kier molecular flexibility index (Phi) is 4.18. The van der Waals surface area contributed by atoms with E-state index in [0.717, 1.165) is 17.3 Å². The van der Waals surface area contributed by atoms with Gasteiger partial charge in [0, 0.05) is 23.4 Å². The molecule has 4 heteroatoms. The molecule has 0 spiro atoms. The summed E-state index contributed by atoms with van der Waals surface area (Å²) in [4.78, 5) is 10.9. The van der Waals surface area contributed by atoms with Gasteiger partial charge in [0.2, 0.25) is 0 Å². The minimum absolute atomic E-state index is 0.117. The molecule has 1 unspecified atom stereocenters. The van der Waals surface area contributed by atoms with Crippen LogP contribution >= 0.6 is 15.9 Å². The summed E-state index contributed by atoms with van der Waals surface area (Å²) in [6.07, 6.45) is 2.93. The summed E-state index contributed by atoms with van der Waals surface area (Å²) in [7, 11) is -1.26. The lowest BCUT2D eigenvalue weighted by Gasteiger charge is -2.08. The highest BCUT2D eigenvalue weighted by Crippen LogP contribution is 2.24. The number of cyclic esters (lactones) is 1. The van der Waals surface area contributed by atoms with Crippen molar-refractivity contribution in [3.8, 4) is 11.5 Å². The van der Waals surface area contributed by atoms with E-state index in [0.29, 0.717) is 0 Å². The molecule has 1 atom stereocenters. The molecule has 0 saturated heterocycles. The van der Waals surface area contributed by atoms with Gasteiger partial charge in [-0.05, 0) is 0 Å². The van der Waals surface area contributed by atoms with Crippen LogP contribution in [0.5, 0.6) is 0 Å². The fraction of sp³-hybridized carbons (Fsp3) is 0.545. The SMILES string of the molecule is C[Si](C)(C)C#CCCC1OC(=O)C=C1Br. The molecule has 0 fully saturated rings. The van der Waals surface area contributed by atoms with Crippen LogP contribution in [-0.4, -0.2) is 20.1 Å². The van der Waals surface area contributed by atoms with Gasteiger partial charge < -0.3 is 4.74 Å². The van der Waals surface area contributed by atoms with E-state index < -0.39 is 8.07 Å². The first-order valence-corrected chi connectivity index (χ1v) is 9.25. The summed E-state index contributed by atoms with van der Waals surface area (Å²) in [6.45, 7) is 6.64. The highest BCUT2D eigenvalue weighted by atomic mass is 79.9. The largest absolute Gasteiger partial charge is 0.454 e.